The summed E-state index contributed by atoms with van der Waals surface area (Å²) in [5.74, 6) is 0. The van der Waals surface area contributed by atoms with E-state index in [1.54, 1.807) is 12.1 Å². The molecule has 0 fully saturated rings. The fraction of sp³-hybridized carbons (Fsp3) is 0.158. The molecule has 0 unspecified atom stereocenters. The van der Waals surface area contributed by atoms with Crippen molar-refractivity contribution in [1.82, 2.24) is 9.78 Å². The highest BCUT2D eigenvalue weighted by Gasteiger charge is 2.05. The van der Waals surface area contributed by atoms with Gasteiger partial charge in [0.05, 0.1) is 12.2 Å². The summed E-state index contributed by atoms with van der Waals surface area (Å²) < 4.78 is 1.52. The molecule has 3 rings (SSSR count). The summed E-state index contributed by atoms with van der Waals surface area (Å²) in [5.41, 5.74) is 5.22. The van der Waals surface area contributed by atoms with E-state index in [0.29, 0.717) is 6.54 Å². The minimum Gasteiger partial charge on any atom is -0.268 e. The zero-order valence-corrected chi connectivity index (χ0v) is 12.8. The van der Waals surface area contributed by atoms with Gasteiger partial charge in [-0.2, -0.15) is 5.10 Å². The maximum atomic E-state index is 12.1. The zero-order valence-electron chi connectivity index (χ0n) is 12.8. The van der Waals surface area contributed by atoms with Crippen LogP contribution in [0.25, 0.3) is 11.3 Å². The molecule has 0 saturated heterocycles. The Morgan fingerprint density at radius 2 is 1.59 bits per heavy atom. The lowest BCUT2D eigenvalue weighted by molar-refractivity contribution is 0.642. The molecule has 0 radical (unpaired) electrons. The van der Waals surface area contributed by atoms with Crippen molar-refractivity contribution in [2.45, 2.75) is 20.4 Å². The molecule has 3 aromatic rings. The van der Waals surface area contributed by atoms with E-state index < -0.39 is 0 Å². The van der Waals surface area contributed by atoms with E-state index in [1.165, 1.54) is 15.8 Å². The van der Waals surface area contributed by atoms with E-state index in [0.717, 1.165) is 16.8 Å². The molecule has 22 heavy (non-hydrogen) atoms. The van der Waals surface area contributed by atoms with Crippen molar-refractivity contribution in [2.75, 3.05) is 0 Å². The topological polar surface area (TPSA) is 34.9 Å². The van der Waals surface area contributed by atoms with Crippen molar-refractivity contribution in [3.63, 3.8) is 0 Å². The van der Waals surface area contributed by atoms with Gasteiger partial charge in [0.25, 0.3) is 5.56 Å². The Hall–Kier alpha value is -2.68. The molecule has 0 saturated carbocycles. The zero-order chi connectivity index (χ0) is 15.5. The molecule has 0 aliphatic carbocycles. The average Bonchev–Trinajstić information content (AvgIpc) is 2.49. The van der Waals surface area contributed by atoms with Gasteiger partial charge in [0.15, 0.2) is 0 Å². The van der Waals surface area contributed by atoms with E-state index in [-0.39, 0.29) is 5.56 Å². The van der Waals surface area contributed by atoms with Crippen molar-refractivity contribution in [2.24, 2.45) is 0 Å². The first-order valence-electron chi connectivity index (χ1n) is 7.32. The lowest BCUT2D eigenvalue weighted by Crippen LogP contribution is -2.22. The van der Waals surface area contributed by atoms with Gasteiger partial charge in [-0.05, 0) is 25.5 Å². The van der Waals surface area contributed by atoms with Crippen LogP contribution in [0.15, 0.2) is 65.5 Å². The SMILES string of the molecule is Cc1cc(C)cc(Cn2nc(-c3ccccc3)ccc2=O)c1. The maximum Gasteiger partial charge on any atom is 0.267 e. The third-order valence-electron chi connectivity index (χ3n) is 3.55. The van der Waals surface area contributed by atoms with Crippen LogP contribution in [0, 0.1) is 13.8 Å². The number of hydrogen-bond donors (Lipinski definition) is 0. The molecule has 110 valence electrons. The molecule has 1 heterocycles. The Bertz CT molecular complexity index is 831. The minimum absolute atomic E-state index is 0.0844. The van der Waals surface area contributed by atoms with Crippen LogP contribution in [0.3, 0.4) is 0 Å². The predicted octanol–water partition coefficient (Wildman–Crippen LogP) is 3.58. The lowest BCUT2D eigenvalue weighted by atomic mass is 10.1. The summed E-state index contributed by atoms with van der Waals surface area (Å²) >= 11 is 0. The molecule has 0 aliphatic heterocycles. The van der Waals surface area contributed by atoms with Crippen LogP contribution >= 0.6 is 0 Å². The molecule has 0 atom stereocenters. The second kappa shape index (κ2) is 5.98. The van der Waals surface area contributed by atoms with Gasteiger partial charge >= 0.3 is 0 Å². The standard InChI is InChI=1S/C19H18N2O/c1-14-10-15(2)12-16(11-14)13-21-19(22)9-8-18(20-21)17-6-4-3-5-7-17/h3-12H,13H2,1-2H3. The largest absolute Gasteiger partial charge is 0.268 e. The normalized spacial score (nSPS) is 10.6. The van der Waals surface area contributed by atoms with Crippen LogP contribution in [0.5, 0.6) is 0 Å². The van der Waals surface area contributed by atoms with Gasteiger partial charge in [0.2, 0.25) is 0 Å². The van der Waals surface area contributed by atoms with Crippen molar-refractivity contribution in [3.8, 4) is 11.3 Å². The Morgan fingerprint density at radius 1 is 0.909 bits per heavy atom. The highest BCUT2D eigenvalue weighted by Crippen LogP contribution is 2.15. The highest BCUT2D eigenvalue weighted by molar-refractivity contribution is 5.57. The maximum absolute atomic E-state index is 12.1. The Morgan fingerprint density at radius 3 is 2.27 bits per heavy atom. The second-order valence-electron chi connectivity index (χ2n) is 5.58. The molecule has 0 amide bonds. The minimum atomic E-state index is -0.0844. The molecule has 0 aliphatic rings. The molecule has 1 aromatic heterocycles. The van der Waals surface area contributed by atoms with E-state index in [2.05, 4.69) is 37.1 Å². The summed E-state index contributed by atoms with van der Waals surface area (Å²) in [7, 11) is 0. The number of rotatable bonds is 3. The lowest BCUT2D eigenvalue weighted by Gasteiger charge is -2.09. The predicted molar refractivity (Wildman–Crippen MR) is 89.0 cm³/mol. The summed E-state index contributed by atoms with van der Waals surface area (Å²) in [4.78, 5) is 12.1. The van der Waals surface area contributed by atoms with Gasteiger partial charge in [0, 0.05) is 11.6 Å². The summed E-state index contributed by atoms with van der Waals surface area (Å²) in [6, 6.07) is 19.6. The monoisotopic (exact) mass is 290 g/mol. The van der Waals surface area contributed by atoms with Crippen LogP contribution in [-0.2, 0) is 6.54 Å². The quantitative estimate of drug-likeness (QED) is 0.739. The van der Waals surface area contributed by atoms with Crippen molar-refractivity contribution >= 4 is 0 Å². The van der Waals surface area contributed by atoms with Crippen LogP contribution in [-0.4, -0.2) is 9.78 Å². The molecular formula is C19H18N2O. The average molecular weight is 290 g/mol. The highest BCUT2D eigenvalue weighted by atomic mass is 16.1. The van der Waals surface area contributed by atoms with E-state index in [9.17, 15) is 4.79 Å². The van der Waals surface area contributed by atoms with Crippen molar-refractivity contribution in [3.05, 3.63) is 87.7 Å². The third-order valence-corrected chi connectivity index (χ3v) is 3.55. The number of nitrogens with zero attached hydrogens (tertiary/aromatic N) is 2. The van der Waals surface area contributed by atoms with Crippen LogP contribution in [0.4, 0.5) is 0 Å². The second-order valence-corrected chi connectivity index (χ2v) is 5.58. The molecule has 3 heteroatoms. The third kappa shape index (κ3) is 3.14. The first kappa shape index (κ1) is 14.3. The molecular weight excluding hydrogens is 272 g/mol. The van der Waals surface area contributed by atoms with Crippen molar-refractivity contribution in [1.29, 1.82) is 0 Å². The Kier molecular flexibility index (Phi) is 3.88. The number of aryl methyl sites for hydroxylation is 2. The van der Waals surface area contributed by atoms with Gasteiger partial charge in [-0.1, -0.05) is 59.7 Å². The smallest absolute Gasteiger partial charge is 0.267 e. The molecule has 0 bridgehead atoms. The van der Waals surface area contributed by atoms with Crippen LogP contribution < -0.4 is 5.56 Å². The van der Waals surface area contributed by atoms with E-state index >= 15 is 0 Å². The Labute approximate surface area is 129 Å². The fourth-order valence-electron chi connectivity index (χ4n) is 2.66. The fourth-order valence-corrected chi connectivity index (χ4v) is 2.66. The number of hydrogen-bond acceptors (Lipinski definition) is 2. The van der Waals surface area contributed by atoms with Gasteiger partial charge in [-0.25, -0.2) is 4.68 Å². The van der Waals surface area contributed by atoms with Gasteiger partial charge < -0.3 is 0 Å². The molecule has 3 nitrogen and oxygen atoms in total. The van der Waals surface area contributed by atoms with Gasteiger partial charge in [-0.3, -0.25) is 4.79 Å². The van der Waals surface area contributed by atoms with E-state index in [1.807, 2.05) is 30.3 Å². The molecule has 0 spiro atoms. The van der Waals surface area contributed by atoms with Gasteiger partial charge in [-0.15, -0.1) is 0 Å². The first-order valence-corrected chi connectivity index (χ1v) is 7.32. The summed E-state index contributed by atoms with van der Waals surface area (Å²) in [5, 5.41) is 4.50. The first-order chi connectivity index (χ1) is 10.6. The summed E-state index contributed by atoms with van der Waals surface area (Å²) in [6.45, 7) is 4.61. The van der Waals surface area contributed by atoms with Crippen LogP contribution in [0.1, 0.15) is 16.7 Å². The van der Waals surface area contributed by atoms with Crippen molar-refractivity contribution < 1.29 is 0 Å². The molecule has 2 aromatic carbocycles. The summed E-state index contributed by atoms with van der Waals surface area (Å²) in [6.07, 6.45) is 0. The Balaban J connectivity index is 1.98. The van der Waals surface area contributed by atoms with Crippen LogP contribution in [0.2, 0.25) is 0 Å². The van der Waals surface area contributed by atoms with Gasteiger partial charge in [0.1, 0.15) is 0 Å². The van der Waals surface area contributed by atoms with E-state index in [4.69, 9.17) is 0 Å². The molecule has 0 N–H and O–H groups in total. The number of benzene rings is 2. The number of aromatic nitrogens is 2.